The fourth-order valence-electron chi connectivity index (χ4n) is 8.35. The zero-order chi connectivity index (χ0) is 44.8. The number of halogens is 2. The normalized spacial score (nSPS) is 14.7. The molecule has 19 nitrogen and oxygen atoms in total. The topological polar surface area (TPSA) is 172 Å². The number of aromatic nitrogens is 12. The number of anilines is 2. The maximum Gasteiger partial charge on any atom is 0.236 e. The van der Waals surface area contributed by atoms with Crippen LogP contribution in [0.1, 0.15) is 6.42 Å². The minimum atomic E-state index is 0.0648. The highest BCUT2D eigenvalue weighted by Crippen LogP contribution is 2.33. The number of amides is 2. The highest BCUT2D eigenvalue weighted by atomic mass is 35.5. The Balaban J connectivity index is 0.759. The van der Waals surface area contributed by atoms with Gasteiger partial charge in [0.05, 0.1) is 76.5 Å². The van der Waals surface area contributed by atoms with E-state index in [-0.39, 0.29) is 11.8 Å². The van der Waals surface area contributed by atoms with Crippen molar-refractivity contribution in [3.63, 3.8) is 0 Å². The lowest BCUT2D eigenvalue weighted by Crippen LogP contribution is -2.50. The molecule has 0 aliphatic carbocycles. The molecule has 2 amide bonds. The number of aryl methyl sites for hydroxylation is 2. The molecule has 0 radical (unpaired) electrons. The van der Waals surface area contributed by atoms with Gasteiger partial charge in [-0.15, -0.1) is 0 Å². The van der Waals surface area contributed by atoms with E-state index >= 15 is 0 Å². The van der Waals surface area contributed by atoms with Gasteiger partial charge in [-0.05, 0) is 38.4 Å². The van der Waals surface area contributed by atoms with Gasteiger partial charge < -0.3 is 24.5 Å². The van der Waals surface area contributed by atoms with Crippen molar-refractivity contribution < 1.29 is 9.59 Å². The third kappa shape index (κ3) is 8.56. The molecule has 2 fully saturated rings. The summed E-state index contributed by atoms with van der Waals surface area (Å²) in [6.45, 7) is 5.99. The van der Waals surface area contributed by atoms with Crippen LogP contribution in [-0.2, 0) is 23.2 Å². The minimum absolute atomic E-state index is 0.0648. The molecule has 0 atom stereocenters. The summed E-state index contributed by atoms with van der Waals surface area (Å²) in [6.07, 6.45) is 18.1. The van der Waals surface area contributed by atoms with Crippen LogP contribution < -0.4 is 9.80 Å². The lowest BCUT2D eigenvalue weighted by molar-refractivity contribution is -0.132. The lowest BCUT2D eigenvalue weighted by atomic mass is 10.1. The Bertz CT molecular complexity index is 3010. The summed E-state index contributed by atoms with van der Waals surface area (Å²) in [6, 6.07) is 7.94. The minimum Gasteiger partial charge on any atom is -0.353 e. The van der Waals surface area contributed by atoms with Crippen LogP contribution in [0.4, 0.5) is 11.6 Å². The van der Waals surface area contributed by atoms with Crippen LogP contribution in [0.5, 0.6) is 0 Å². The first-order valence-electron chi connectivity index (χ1n) is 21.3. The number of rotatable bonds is 11. The van der Waals surface area contributed by atoms with Crippen LogP contribution in [0.2, 0.25) is 10.0 Å². The van der Waals surface area contributed by atoms with Crippen molar-refractivity contribution in [2.45, 2.75) is 13.0 Å². The van der Waals surface area contributed by atoms with E-state index in [1.165, 1.54) is 0 Å². The van der Waals surface area contributed by atoms with Crippen LogP contribution in [0.3, 0.4) is 0 Å². The second-order valence-electron chi connectivity index (χ2n) is 16.4. The van der Waals surface area contributed by atoms with E-state index in [4.69, 9.17) is 43.1 Å². The molecule has 2 aliphatic heterocycles. The molecule has 8 aromatic heterocycles. The third-order valence-corrected chi connectivity index (χ3v) is 12.3. The second-order valence-corrected chi connectivity index (χ2v) is 17.3. The molecule has 332 valence electrons. The van der Waals surface area contributed by atoms with Crippen LogP contribution in [-0.4, -0.2) is 158 Å². The first-order chi connectivity index (χ1) is 31.5. The molecule has 21 heteroatoms. The fraction of sp³-hybridized carbons (Fsp3) is 0.318. The number of pyridine rings is 2. The van der Waals surface area contributed by atoms with Crippen molar-refractivity contribution >= 4 is 57.7 Å². The highest BCUT2D eigenvalue weighted by molar-refractivity contribution is 6.35. The average molecular weight is 915 g/mol. The van der Waals surface area contributed by atoms with Crippen molar-refractivity contribution in [1.29, 1.82) is 0 Å². The second kappa shape index (κ2) is 17.5. The predicted molar refractivity (Wildman–Crippen MR) is 247 cm³/mol. The van der Waals surface area contributed by atoms with Crippen molar-refractivity contribution in [1.82, 2.24) is 73.4 Å². The number of nitrogens with zero attached hydrogens (tertiary/aromatic N) is 17. The van der Waals surface area contributed by atoms with E-state index in [1.807, 2.05) is 84.9 Å². The number of likely N-dealkylation sites (N-methyl/N-ethyl adjacent to an activating group) is 1. The molecule has 0 spiro atoms. The van der Waals surface area contributed by atoms with Gasteiger partial charge in [0, 0.05) is 119 Å². The smallest absolute Gasteiger partial charge is 0.236 e. The number of piperazine rings is 2. The first kappa shape index (κ1) is 42.0. The van der Waals surface area contributed by atoms with Gasteiger partial charge in [-0.2, -0.15) is 20.4 Å². The van der Waals surface area contributed by atoms with Crippen molar-refractivity contribution in [3.05, 3.63) is 96.3 Å². The predicted octanol–water partition coefficient (Wildman–Crippen LogP) is 4.42. The van der Waals surface area contributed by atoms with Crippen LogP contribution in [0.15, 0.2) is 86.2 Å². The standard InChI is InChI=1S/C44H45Cl2N17O2/c1-55(2)28-40(65)60-16-12-58(13-17-60)38-7-5-30(19-48-38)42-44-34(46)23-52-63(44)27-36(54-42)32-21-50-61(25-32)9-8-39(64)59-14-10-57(11-15-59)37-6-4-29(18-47-37)41-43-33(45)22-51-62(43)26-35(53-41)31-20-49-56(3)24-31/h4-7,18-27H,8-17,28H2,1-3H3. The number of hydrogen-bond acceptors (Lipinski definition) is 13. The summed E-state index contributed by atoms with van der Waals surface area (Å²) in [5, 5.41) is 18.8. The molecule has 65 heavy (non-hydrogen) atoms. The highest BCUT2D eigenvalue weighted by Gasteiger charge is 2.25. The molecule has 10 rings (SSSR count). The molecule has 0 bridgehead atoms. The van der Waals surface area contributed by atoms with Crippen molar-refractivity contribution in [2.24, 2.45) is 7.05 Å². The van der Waals surface area contributed by atoms with Gasteiger partial charge in [-0.25, -0.2) is 29.0 Å². The van der Waals surface area contributed by atoms with E-state index in [9.17, 15) is 9.59 Å². The Hall–Kier alpha value is -6.96. The van der Waals surface area contributed by atoms with E-state index in [1.54, 1.807) is 55.6 Å². The monoisotopic (exact) mass is 913 g/mol. The van der Waals surface area contributed by atoms with Gasteiger partial charge in [-0.3, -0.25) is 19.0 Å². The average Bonchev–Trinajstić information content (AvgIpc) is 4.15. The number of fused-ring (bicyclic) bond motifs is 2. The van der Waals surface area contributed by atoms with Gasteiger partial charge in [0.25, 0.3) is 0 Å². The van der Waals surface area contributed by atoms with Crippen molar-refractivity contribution in [2.75, 3.05) is 82.8 Å². The summed E-state index contributed by atoms with van der Waals surface area (Å²) in [4.78, 5) is 55.6. The van der Waals surface area contributed by atoms with E-state index < -0.39 is 0 Å². The van der Waals surface area contributed by atoms with E-state index in [0.29, 0.717) is 110 Å². The third-order valence-electron chi connectivity index (χ3n) is 11.8. The summed E-state index contributed by atoms with van der Waals surface area (Å²) in [5.74, 6) is 1.86. The lowest BCUT2D eigenvalue weighted by Gasteiger charge is -2.35. The molecule has 8 aromatic rings. The maximum absolute atomic E-state index is 13.4. The SMILES string of the molecule is CN(C)CC(=O)N1CCN(c2ccc(-c3nc(-c4cnn(CCC(=O)N5CCN(c6ccc(-c7nc(-c8cnn(C)c8)cn8ncc(Cl)c78)cn6)CC5)c4)cn4ncc(Cl)c34)cn2)CC1. The largest absolute Gasteiger partial charge is 0.353 e. The molecule has 0 N–H and O–H groups in total. The summed E-state index contributed by atoms with van der Waals surface area (Å²) in [5.41, 5.74) is 7.30. The summed E-state index contributed by atoms with van der Waals surface area (Å²) < 4.78 is 6.95. The number of carbonyl (C=O) groups is 2. The Kier molecular flexibility index (Phi) is 11.3. The van der Waals surface area contributed by atoms with E-state index in [2.05, 4.69) is 30.2 Å². The zero-order valence-electron chi connectivity index (χ0n) is 36.0. The van der Waals surface area contributed by atoms with Gasteiger partial charge >= 0.3 is 0 Å². The van der Waals surface area contributed by atoms with Crippen LogP contribution in [0, 0.1) is 0 Å². The van der Waals surface area contributed by atoms with Crippen LogP contribution >= 0.6 is 23.2 Å². The first-order valence-corrected chi connectivity index (χ1v) is 22.0. The van der Waals surface area contributed by atoms with Gasteiger partial charge in [0.15, 0.2) is 0 Å². The van der Waals surface area contributed by atoms with Gasteiger partial charge in [-0.1, -0.05) is 23.2 Å². The van der Waals surface area contributed by atoms with Gasteiger partial charge in [0.1, 0.15) is 22.7 Å². The quantitative estimate of drug-likeness (QED) is 0.179. The summed E-state index contributed by atoms with van der Waals surface area (Å²) >= 11 is 13.2. The molecule has 0 saturated carbocycles. The Morgan fingerprint density at radius 1 is 0.585 bits per heavy atom. The molecule has 2 saturated heterocycles. The Morgan fingerprint density at radius 2 is 1.09 bits per heavy atom. The van der Waals surface area contributed by atoms with Gasteiger partial charge in [0.2, 0.25) is 11.8 Å². The maximum atomic E-state index is 13.4. The molecular formula is C44H45Cl2N17O2. The van der Waals surface area contributed by atoms with Crippen molar-refractivity contribution in [3.8, 4) is 45.0 Å². The molecule has 0 aromatic carbocycles. The Labute approximate surface area is 383 Å². The number of hydrogen-bond donors (Lipinski definition) is 0. The van der Waals surface area contributed by atoms with Crippen LogP contribution in [0.25, 0.3) is 56.1 Å². The molecule has 0 unspecified atom stereocenters. The molecule has 10 heterocycles. The Morgan fingerprint density at radius 3 is 1.57 bits per heavy atom. The van der Waals surface area contributed by atoms with E-state index in [0.717, 1.165) is 39.6 Å². The fourth-order valence-corrected chi connectivity index (χ4v) is 8.78. The summed E-state index contributed by atoms with van der Waals surface area (Å²) in [7, 11) is 5.67. The molecular weight excluding hydrogens is 870 g/mol. The number of carbonyl (C=O) groups excluding carboxylic acids is 2. The zero-order valence-corrected chi connectivity index (χ0v) is 37.5. The molecule has 2 aliphatic rings.